The molecule has 1 aliphatic rings. The van der Waals surface area contributed by atoms with Crippen LogP contribution in [0.2, 0.25) is 5.02 Å². The number of nitrogens with two attached hydrogens (primary N) is 1. The first kappa shape index (κ1) is 11.7. The van der Waals surface area contributed by atoms with Crippen molar-refractivity contribution in [3.05, 3.63) is 28.8 Å². The molecule has 0 saturated heterocycles. The number of halogens is 1. The first-order valence-corrected chi connectivity index (χ1v) is 6.28. The van der Waals surface area contributed by atoms with E-state index in [-0.39, 0.29) is 0 Å². The minimum atomic E-state index is 0.651. The van der Waals surface area contributed by atoms with Gasteiger partial charge in [0.25, 0.3) is 0 Å². The van der Waals surface area contributed by atoms with Crippen LogP contribution in [0.15, 0.2) is 18.2 Å². The highest BCUT2D eigenvalue weighted by Gasteiger charge is 2.20. The van der Waals surface area contributed by atoms with Gasteiger partial charge in [-0.05, 0) is 43.0 Å². The van der Waals surface area contributed by atoms with Gasteiger partial charge in [-0.2, -0.15) is 0 Å². The molecule has 2 rings (SSSR count). The van der Waals surface area contributed by atoms with Gasteiger partial charge in [0.2, 0.25) is 0 Å². The number of rotatable bonds is 6. The van der Waals surface area contributed by atoms with E-state index in [4.69, 9.17) is 22.1 Å². The van der Waals surface area contributed by atoms with Crippen LogP contribution in [0.4, 0.5) is 0 Å². The van der Waals surface area contributed by atoms with Crippen molar-refractivity contribution in [3.63, 3.8) is 0 Å². The molecule has 0 radical (unpaired) electrons. The molecule has 0 aromatic heterocycles. The molecule has 16 heavy (non-hydrogen) atoms. The third-order valence-electron chi connectivity index (χ3n) is 2.91. The van der Waals surface area contributed by atoms with Crippen molar-refractivity contribution in [1.82, 2.24) is 0 Å². The Morgan fingerprint density at radius 2 is 2.19 bits per heavy atom. The molecular weight excluding hydrogens is 222 g/mol. The summed E-state index contributed by atoms with van der Waals surface area (Å²) in [5.74, 6) is 1.69. The summed E-state index contributed by atoms with van der Waals surface area (Å²) < 4.78 is 5.66. The highest BCUT2D eigenvalue weighted by molar-refractivity contribution is 6.32. The van der Waals surface area contributed by atoms with Crippen molar-refractivity contribution >= 4 is 11.6 Å². The van der Waals surface area contributed by atoms with E-state index in [1.165, 1.54) is 18.4 Å². The van der Waals surface area contributed by atoms with Crippen molar-refractivity contribution in [2.75, 3.05) is 13.2 Å². The molecule has 1 saturated carbocycles. The van der Waals surface area contributed by atoms with Crippen molar-refractivity contribution < 1.29 is 4.74 Å². The van der Waals surface area contributed by atoms with Gasteiger partial charge in [-0.15, -0.1) is 0 Å². The second kappa shape index (κ2) is 5.55. The highest BCUT2D eigenvalue weighted by Crippen LogP contribution is 2.33. The second-order valence-corrected chi connectivity index (χ2v) is 4.79. The van der Waals surface area contributed by atoms with Gasteiger partial charge in [-0.25, -0.2) is 0 Å². The summed E-state index contributed by atoms with van der Waals surface area (Å²) in [6.07, 6.45) is 4.75. The fourth-order valence-electron chi connectivity index (χ4n) is 1.73. The van der Waals surface area contributed by atoms with Crippen LogP contribution in [-0.4, -0.2) is 13.2 Å². The van der Waals surface area contributed by atoms with Crippen molar-refractivity contribution in [1.29, 1.82) is 0 Å². The SMILES string of the molecule is NCCc1ccc(OCCC2CC2)c(Cl)c1. The smallest absolute Gasteiger partial charge is 0.137 e. The van der Waals surface area contributed by atoms with Crippen LogP contribution in [0.5, 0.6) is 5.75 Å². The Balaban J connectivity index is 1.87. The molecule has 1 aromatic carbocycles. The van der Waals surface area contributed by atoms with Gasteiger partial charge in [-0.1, -0.05) is 30.5 Å². The van der Waals surface area contributed by atoms with Crippen molar-refractivity contribution in [2.24, 2.45) is 11.7 Å². The van der Waals surface area contributed by atoms with Crippen LogP contribution in [0.25, 0.3) is 0 Å². The maximum Gasteiger partial charge on any atom is 0.137 e. The normalized spacial score (nSPS) is 15.1. The van der Waals surface area contributed by atoms with E-state index >= 15 is 0 Å². The zero-order valence-electron chi connectivity index (χ0n) is 9.42. The fraction of sp³-hybridized carbons (Fsp3) is 0.538. The minimum absolute atomic E-state index is 0.651. The van der Waals surface area contributed by atoms with Gasteiger partial charge in [0.15, 0.2) is 0 Å². The maximum absolute atomic E-state index is 6.13. The lowest BCUT2D eigenvalue weighted by atomic mass is 10.1. The Morgan fingerprint density at radius 3 is 2.81 bits per heavy atom. The van der Waals surface area contributed by atoms with E-state index in [9.17, 15) is 0 Å². The number of hydrogen-bond acceptors (Lipinski definition) is 2. The fourth-order valence-corrected chi connectivity index (χ4v) is 1.98. The molecule has 0 heterocycles. The minimum Gasteiger partial charge on any atom is -0.492 e. The molecular formula is C13H18ClNO. The molecule has 0 unspecified atom stereocenters. The van der Waals surface area contributed by atoms with Gasteiger partial charge in [0, 0.05) is 0 Å². The van der Waals surface area contributed by atoms with E-state index in [1.807, 2.05) is 18.2 Å². The van der Waals surface area contributed by atoms with Gasteiger partial charge in [-0.3, -0.25) is 0 Å². The standard InChI is InChI=1S/C13H18ClNO/c14-12-9-11(5-7-15)3-4-13(12)16-8-6-10-1-2-10/h3-4,9-10H,1-2,5-8,15H2. The predicted molar refractivity (Wildman–Crippen MR) is 67.0 cm³/mol. The molecule has 88 valence electrons. The summed E-state index contributed by atoms with van der Waals surface area (Å²) in [5.41, 5.74) is 6.66. The quantitative estimate of drug-likeness (QED) is 0.828. The zero-order valence-corrected chi connectivity index (χ0v) is 10.2. The molecule has 2 nitrogen and oxygen atoms in total. The van der Waals surface area contributed by atoms with E-state index in [1.54, 1.807) is 0 Å². The summed E-state index contributed by atoms with van der Waals surface area (Å²) in [6, 6.07) is 5.92. The van der Waals surface area contributed by atoms with Crippen LogP contribution < -0.4 is 10.5 Å². The van der Waals surface area contributed by atoms with Gasteiger partial charge >= 0.3 is 0 Å². The first-order chi connectivity index (χ1) is 7.79. The molecule has 0 bridgehead atoms. The topological polar surface area (TPSA) is 35.2 Å². The van der Waals surface area contributed by atoms with E-state index in [2.05, 4.69) is 0 Å². The van der Waals surface area contributed by atoms with Crippen molar-refractivity contribution in [3.8, 4) is 5.75 Å². The second-order valence-electron chi connectivity index (χ2n) is 4.38. The van der Waals surface area contributed by atoms with Crippen LogP contribution in [0.1, 0.15) is 24.8 Å². The van der Waals surface area contributed by atoms with E-state index in [0.29, 0.717) is 11.6 Å². The Hall–Kier alpha value is -0.730. The third-order valence-corrected chi connectivity index (χ3v) is 3.21. The Morgan fingerprint density at radius 1 is 1.38 bits per heavy atom. The number of hydrogen-bond donors (Lipinski definition) is 1. The number of benzene rings is 1. The largest absolute Gasteiger partial charge is 0.492 e. The highest BCUT2D eigenvalue weighted by atomic mass is 35.5. The summed E-state index contributed by atoms with van der Waals surface area (Å²) in [6.45, 7) is 1.43. The predicted octanol–water partition coefficient (Wildman–Crippen LogP) is 3.02. The molecule has 0 amide bonds. The Labute approximate surface area is 102 Å². The molecule has 1 fully saturated rings. The van der Waals surface area contributed by atoms with Gasteiger partial charge in [0.05, 0.1) is 11.6 Å². The summed E-state index contributed by atoms with van der Waals surface area (Å²) in [4.78, 5) is 0. The maximum atomic E-state index is 6.13. The molecule has 1 aromatic rings. The lowest BCUT2D eigenvalue weighted by molar-refractivity contribution is 0.302. The van der Waals surface area contributed by atoms with E-state index < -0.39 is 0 Å². The van der Waals surface area contributed by atoms with E-state index in [0.717, 1.165) is 31.1 Å². The summed E-state index contributed by atoms with van der Waals surface area (Å²) >= 11 is 6.13. The van der Waals surface area contributed by atoms with Crippen LogP contribution in [0, 0.1) is 5.92 Å². The van der Waals surface area contributed by atoms with Gasteiger partial charge < -0.3 is 10.5 Å². The van der Waals surface area contributed by atoms with Crippen LogP contribution >= 0.6 is 11.6 Å². The molecule has 3 heteroatoms. The number of ether oxygens (including phenoxy) is 1. The molecule has 2 N–H and O–H groups in total. The Kier molecular flexibility index (Phi) is 4.08. The van der Waals surface area contributed by atoms with Crippen molar-refractivity contribution in [2.45, 2.75) is 25.7 Å². The summed E-state index contributed by atoms with van der Waals surface area (Å²) in [5, 5.41) is 0.696. The zero-order chi connectivity index (χ0) is 11.4. The first-order valence-electron chi connectivity index (χ1n) is 5.91. The third kappa shape index (κ3) is 3.39. The molecule has 0 atom stereocenters. The lowest BCUT2D eigenvalue weighted by Crippen LogP contribution is -2.03. The van der Waals surface area contributed by atoms with Crippen LogP contribution in [-0.2, 0) is 6.42 Å². The summed E-state index contributed by atoms with van der Waals surface area (Å²) in [7, 11) is 0. The average molecular weight is 240 g/mol. The lowest BCUT2D eigenvalue weighted by Gasteiger charge is -2.08. The van der Waals surface area contributed by atoms with Crippen LogP contribution in [0.3, 0.4) is 0 Å². The Bertz CT molecular complexity index is 350. The van der Waals surface area contributed by atoms with Gasteiger partial charge in [0.1, 0.15) is 5.75 Å². The molecule has 1 aliphatic carbocycles. The monoisotopic (exact) mass is 239 g/mol. The average Bonchev–Trinajstić information content (AvgIpc) is 3.06. The molecule has 0 aliphatic heterocycles. The molecule has 0 spiro atoms.